The molecule has 3 N–H and O–H groups in total. The van der Waals surface area contributed by atoms with Crippen molar-refractivity contribution in [3.63, 3.8) is 0 Å². The van der Waals surface area contributed by atoms with Gasteiger partial charge in [-0.3, -0.25) is 4.79 Å². The molecule has 1 atom stereocenters. The molecular formula is C13H16F2N2O4. The average Bonchev–Trinajstić information content (AvgIpc) is 2.42. The van der Waals surface area contributed by atoms with E-state index in [1.807, 2.05) is 0 Å². The molecule has 0 aliphatic rings. The second-order valence-corrected chi connectivity index (χ2v) is 4.18. The Morgan fingerprint density at radius 2 is 2.00 bits per heavy atom. The molecule has 0 heterocycles. The summed E-state index contributed by atoms with van der Waals surface area (Å²) in [6.45, 7) is 1.87. The minimum Gasteiger partial charge on any atom is -0.449 e. The topological polar surface area (TPSA) is 90.6 Å². The highest BCUT2D eigenvalue weighted by atomic mass is 19.1. The van der Waals surface area contributed by atoms with Gasteiger partial charge in [-0.05, 0) is 13.0 Å². The fraction of sp³-hybridized carbons (Fsp3) is 0.385. The predicted molar refractivity (Wildman–Crippen MR) is 70.5 cm³/mol. The maximum Gasteiger partial charge on any atom is 0.341 e. The van der Waals surface area contributed by atoms with Crippen molar-refractivity contribution >= 4 is 17.6 Å². The molecule has 0 spiro atoms. The summed E-state index contributed by atoms with van der Waals surface area (Å²) in [6.07, 6.45) is -1.14. The molecule has 0 saturated heterocycles. The summed E-state index contributed by atoms with van der Waals surface area (Å²) >= 11 is 0. The Labute approximate surface area is 120 Å². The second-order valence-electron chi connectivity index (χ2n) is 4.18. The number of methoxy groups -OCH3 is 1. The Morgan fingerprint density at radius 1 is 1.33 bits per heavy atom. The van der Waals surface area contributed by atoms with Crippen LogP contribution in [0.1, 0.15) is 17.3 Å². The first-order chi connectivity index (χ1) is 9.86. The molecule has 8 heteroatoms. The van der Waals surface area contributed by atoms with E-state index >= 15 is 0 Å². The van der Waals surface area contributed by atoms with Gasteiger partial charge in [0.25, 0.3) is 5.91 Å². The summed E-state index contributed by atoms with van der Waals surface area (Å²) in [5.41, 5.74) is 4.33. The van der Waals surface area contributed by atoms with Crippen molar-refractivity contribution in [3.8, 4) is 0 Å². The lowest BCUT2D eigenvalue weighted by Crippen LogP contribution is -2.37. The lowest BCUT2D eigenvalue weighted by molar-refractivity contribution is -0.129. The molecule has 0 aromatic heterocycles. The van der Waals surface area contributed by atoms with Crippen LogP contribution in [0.4, 0.5) is 14.5 Å². The first-order valence-electron chi connectivity index (χ1n) is 6.09. The third kappa shape index (κ3) is 4.67. The van der Waals surface area contributed by atoms with E-state index in [1.54, 1.807) is 0 Å². The van der Waals surface area contributed by atoms with E-state index in [-0.39, 0.29) is 12.2 Å². The summed E-state index contributed by atoms with van der Waals surface area (Å²) in [6, 6.07) is 1.30. The van der Waals surface area contributed by atoms with E-state index in [1.165, 1.54) is 14.0 Å². The van der Waals surface area contributed by atoms with Crippen LogP contribution in [-0.4, -0.2) is 38.2 Å². The molecule has 0 radical (unpaired) electrons. The molecule has 0 aliphatic carbocycles. The molecule has 0 aliphatic heterocycles. The van der Waals surface area contributed by atoms with Crippen LogP contribution in [0.25, 0.3) is 0 Å². The monoisotopic (exact) mass is 302 g/mol. The number of nitrogens with two attached hydrogens (primary N) is 1. The van der Waals surface area contributed by atoms with E-state index in [2.05, 4.69) is 5.32 Å². The zero-order valence-electron chi connectivity index (χ0n) is 11.6. The highest BCUT2D eigenvalue weighted by molar-refractivity contribution is 5.93. The number of ether oxygens (including phenoxy) is 2. The van der Waals surface area contributed by atoms with E-state index < -0.39 is 35.2 Å². The van der Waals surface area contributed by atoms with Crippen molar-refractivity contribution in [3.05, 3.63) is 29.3 Å². The maximum atomic E-state index is 13.5. The Balaban J connectivity index is 2.68. The summed E-state index contributed by atoms with van der Waals surface area (Å²) in [5.74, 6) is -3.75. The van der Waals surface area contributed by atoms with E-state index in [4.69, 9.17) is 15.2 Å². The van der Waals surface area contributed by atoms with E-state index in [0.29, 0.717) is 12.7 Å². The molecule has 1 aromatic rings. The Bertz CT molecular complexity index is 537. The van der Waals surface area contributed by atoms with Crippen LogP contribution in [0.5, 0.6) is 0 Å². The van der Waals surface area contributed by atoms with Crippen LogP contribution in [0.2, 0.25) is 0 Å². The first-order valence-corrected chi connectivity index (χ1v) is 6.09. The van der Waals surface area contributed by atoms with Crippen molar-refractivity contribution < 1.29 is 27.8 Å². The molecule has 0 bridgehead atoms. The number of rotatable bonds is 6. The molecule has 0 fully saturated rings. The minimum absolute atomic E-state index is 0.245. The van der Waals surface area contributed by atoms with Crippen molar-refractivity contribution in [2.45, 2.75) is 13.0 Å². The third-order valence-corrected chi connectivity index (χ3v) is 2.56. The predicted octanol–water partition coefficient (Wildman–Crippen LogP) is 0.855. The van der Waals surface area contributed by atoms with Crippen LogP contribution in [0, 0.1) is 11.6 Å². The van der Waals surface area contributed by atoms with Crippen LogP contribution in [-0.2, 0) is 14.3 Å². The number of esters is 1. The number of carbonyl (C=O) groups is 2. The quantitative estimate of drug-likeness (QED) is 0.462. The molecule has 21 heavy (non-hydrogen) atoms. The number of anilines is 1. The van der Waals surface area contributed by atoms with Crippen LogP contribution in [0.3, 0.4) is 0 Å². The van der Waals surface area contributed by atoms with E-state index in [0.717, 1.165) is 6.07 Å². The number of amides is 1. The number of nitrogens with one attached hydrogen (secondary N) is 1. The highest BCUT2D eigenvalue weighted by Crippen LogP contribution is 2.18. The largest absolute Gasteiger partial charge is 0.449 e. The number of benzene rings is 1. The van der Waals surface area contributed by atoms with E-state index in [9.17, 15) is 18.4 Å². The van der Waals surface area contributed by atoms with Gasteiger partial charge in [0.05, 0.1) is 17.9 Å². The van der Waals surface area contributed by atoms with Gasteiger partial charge in [0, 0.05) is 19.7 Å². The van der Waals surface area contributed by atoms with Gasteiger partial charge in [-0.25, -0.2) is 13.6 Å². The normalized spacial score (nSPS) is 11.8. The number of carbonyl (C=O) groups excluding carboxylic acids is 2. The number of hydrogen-bond acceptors (Lipinski definition) is 5. The van der Waals surface area contributed by atoms with Crippen molar-refractivity contribution in [2.75, 3.05) is 26.0 Å². The van der Waals surface area contributed by atoms with Crippen LogP contribution < -0.4 is 11.1 Å². The molecular weight excluding hydrogens is 286 g/mol. The number of halogens is 2. The average molecular weight is 302 g/mol. The Hall–Kier alpha value is -2.22. The van der Waals surface area contributed by atoms with Crippen LogP contribution >= 0.6 is 0 Å². The molecule has 1 unspecified atom stereocenters. The summed E-state index contributed by atoms with van der Waals surface area (Å²) < 4.78 is 36.0. The molecule has 116 valence electrons. The molecule has 1 amide bonds. The van der Waals surface area contributed by atoms with Gasteiger partial charge >= 0.3 is 5.97 Å². The lowest BCUT2D eigenvalue weighted by atomic mass is 10.2. The van der Waals surface area contributed by atoms with Crippen LogP contribution in [0.15, 0.2) is 12.1 Å². The SMILES string of the molecule is COCCNC(=O)C(C)OC(=O)c1cc(N)c(F)cc1F. The van der Waals surface area contributed by atoms with Gasteiger partial charge in [-0.15, -0.1) is 0 Å². The minimum atomic E-state index is -1.14. The Morgan fingerprint density at radius 3 is 2.62 bits per heavy atom. The van der Waals surface area contributed by atoms with Crippen molar-refractivity contribution in [2.24, 2.45) is 0 Å². The fourth-order valence-electron chi connectivity index (χ4n) is 1.42. The Kier molecular flexibility index (Phi) is 6.04. The molecule has 0 saturated carbocycles. The van der Waals surface area contributed by atoms with Gasteiger partial charge in [0.15, 0.2) is 6.10 Å². The summed E-state index contributed by atoms with van der Waals surface area (Å²) in [4.78, 5) is 23.3. The standard InChI is InChI=1S/C13H16F2N2O4/c1-7(12(18)17-3-4-20-2)21-13(19)8-5-11(16)10(15)6-9(8)14/h5-7H,3-4,16H2,1-2H3,(H,17,18). The zero-order valence-corrected chi connectivity index (χ0v) is 11.6. The van der Waals surface area contributed by atoms with Gasteiger partial charge in [0.2, 0.25) is 0 Å². The summed E-state index contributed by atoms with van der Waals surface area (Å²) in [5, 5.41) is 2.46. The van der Waals surface area contributed by atoms with Crippen molar-refractivity contribution in [1.82, 2.24) is 5.32 Å². The fourth-order valence-corrected chi connectivity index (χ4v) is 1.42. The molecule has 6 nitrogen and oxygen atoms in total. The maximum absolute atomic E-state index is 13.5. The van der Waals surface area contributed by atoms with Gasteiger partial charge in [-0.1, -0.05) is 0 Å². The van der Waals surface area contributed by atoms with Gasteiger partial charge < -0.3 is 20.5 Å². The second kappa shape index (κ2) is 7.53. The van der Waals surface area contributed by atoms with Crippen molar-refractivity contribution in [1.29, 1.82) is 0 Å². The molecule has 1 rings (SSSR count). The smallest absolute Gasteiger partial charge is 0.341 e. The van der Waals surface area contributed by atoms with Gasteiger partial charge in [0.1, 0.15) is 11.6 Å². The number of nitrogen functional groups attached to an aromatic ring is 1. The van der Waals surface area contributed by atoms with Gasteiger partial charge in [-0.2, -0.15) is 0 Å². The highest BCUT2D eigenvalue weighted by Gasteiger charge is 2.22. The zero-order chi connectivity index (χ0) is 16.0. The summed E-state index contributed by atoms with van der Waals surface area (Å²) in [7, 11) is 1.47. The number of hydrogen-bond donors (Lipinski definition) is 2. The third-order valence-electron chi connectivity index (χ3n) is 2.56. The first kappa shape index (κ1) is 16.8. The molecule has 1 aromatic carbocycles. The lowest BCUT2D eigenvalue weighted by Gasteiger charge is -2.14.